The Morgan fingerprint density at radius 1 is 1.20 bits per heavy atom. The van der Waals surface area contributed by atoms with Gasteiger partial charge in [-0.05, 0) is 49.9 Å². The lowest BCUT2D eigenvalue weighted by atomic mass is 10.1. The molecular weight excluding hydrogens is 248 g/mol. The predicted molar refractivity (Wildman–Crippen MR) is 85.2 cm³/mol. The first kappa shape index (κ1) is 14.9. The van der Waals surface area contributed by atoms with Gasteiger partial charge in [-0.3, -0.25) is 4.79 Å². The highest BCUT2D eigenvalue weighted by atomic mass is 16.1. The number of anilines is 2. The summed E-state index contributed by atoms with van der Waals surface area (Å²) in [5.41, 5.74) is 2.17. The largest absolute Gasteiger partial charge is 0.372 e. The zero-order valence-corrected chi connectivity index (χ0v) is 12.7. The summed E-state index contributed by atoms with van der Waals surface area (Å²) < 4.78 is 0. The number of benzene rings is 1. The van der Waals surface area contributed by atoms with Crippen LogP contribution in [0, 0.1) is 5.92 Å². The summed E-state index contributed by atoms with van der Waals surface area (Å²) in [6.07, 6.45) is 5.90. The van der Waals surface area contributed by atoms with Gasteiger partial charge in [0, 0.05) is 30.4 Å². The number of carbonyl (C=O) groups is 1. The van der Waals surface area contributed by atoms with E-state index in [-0.39, 0.29) is 11.8 Å². The molecule has 1 atom stereocenters. The number of amides is 1. The summed E-state index contributed by atoms with van der Waals surface area (Å²) >= 11 is 0. The quantitative estimate of drug-likeness (QED) is 0.878. The minimum absolute atomic E-state index is 0.0850. The molecule has 1 amide bonds. The van der Waals surface area contributed by atoms with Crippen LogP contribution >= 0.6 is 0 Å². The lowest BCUT2D eigenvalue weighted by molar-refractivity contribution is -0.119. The minimum Gasteiger partial charge on any atom is -0.372 e. The fourth-order valence-corrected chi connectivity index (χ4v) is 2.74. The van der Waals surface area contributed by atoms with Crippen molar-refractivity contribution in [3.63, 3.8) is 0 Å². The van der Waals surface area contributed by atoms with E-state index in [1.54, 1.807) is 0 Å². The third kappa shape index (κ3) is 3.99. The van der Waals surface area contributed by atoms with Crippen LogP contribution in [0.25, 0.3) is 0 Å². The summed E-state index contributed by atoms with van der Waals surface area (Å²) in [6, 6.07) is 8.26. The molecule has 0 aromatic heterocycles. The van der Waals surface area contributed by atoms with Crippen LogP contribution in [0.3, 0.4) is 0 Å². The van der Waals surface area contributed by atoms with E-state index in [1.807, 2.05) is 19.1 Å². The van der Waals surface area contributed by atoms with Crippen LogP contribution in [0.1, 0.15) is 46.0 Å². The van der Waals surface area contributed by atoms with Crippen molar-refractivity contribution in [3.05, 3.63) is 24.3 Å². The molecule has 1 heterocycles. The lowest BCUT2D eigenvalue weighted by Gasteiger charge is -2.28. The van der Waals surface area contributed by atoms with E-state index in [4.69, 9.17) is 0 Å². The van der Waals surface area contributed by atoms with Gasteiger partial charge >= 0.3 is 0 Å². The number of hydrogen-bond acceptors (Lipinski definition) is 2. The van der Waals surface area contributed by atoms with Crippen molar-refractivity contribution in [2.75, 3.05) is 23.3 Å². The monoisotopic (exact) mass is 274 g/mol. The molecule has 1 unspecified atom stereocenters. The summed E-state index contributed by atoms with van der Waals surface area (Å²) in [5.74, 6) is 0.208. The average molecular weight is 274 g/mol. The van der Waals surface area contributed by atoms with E-state index < -0.39 is 0 Å². The van der Waals surface area contributed by atoms with E-state index in [1.165, 1.54) is 24.9 Å². The zero-order valence-electron chi connectivity index (χ0n) is 12.7. The number of piperidine rings is 1. The summed E-state index contributed by atoms with van der Waals surface area (Å²) in [6.45, 7) is 6.40. The Bertz CT molecular complexity index is 421. The number of nitrogens with one attached hydrogen (secondary N) is 1. The van der Waals surface area contributed by atoms with Gasteiger partial charge < -0.3 is 10.2 Å². The van der Waals surface area contributed by atoms with Crippen molar-refractivity contribution >= 4 is 17.3 Å². The van der Waals surface area contributed by atoms with Gasteiger partial charge in [-0.2, -0.15) is 0 Å². The Kier molecular flexibility index (Phi) is 5.45. The van der Waals surface area contributed by atoms with Gasteiger partial charge in [0.2, 0.25) is 5.91 Å². The van der Waals surface area contributed by atoms with E-state index in [0.717, 1.165) is 31.6 Å². The molecule has 3 nitrogen and oxygen atoms in total. The van der Waals surface area contributed by atoms with Gasteiger partial charge in [-0.25, -0.2) is 0 Å². The van der Waals surface area contributed by atoms with Gasteiger partial charge in [-0.15, -0.1) is 0 Å². The highest BCUT2D eigenvalue weighted by Crippen LogP contribution is 2.22. The Morgan fingerprint density at radius 2 is 1.85 bits per heavy atom. The summed E-state index contributed by atoms with van der Waals surface area (Å²) in [4.78, 5) is 14.4. The van der Waals surface area contributed by atoms with Crippen molar-refractivity contribution in [3.8, 4) is 0 Å². The first-order valence-corrected chi connectivity index (χ1v) is 7.86. The first-order chi connectivity index (χ1) is 9.70. The molecule has 1 aliphatic heterocycles. The predicted octanol–water partition coefficient (Wildman–Crippen LogP) is 4.05. The Labute approximate surface area is 122 Å². The molecule has 1 saturated heterocycles. The van der Waals surface area contributed by atoms with Gasteiger partial charge in [0.1, 0.15) is 0 Å². The van der Waals surface area contributed by atoms with Gasteiger partial charge in [0.05, 0.1) is 0 Å². The third-order valence-electron chi connectivity index (χ3n) is 4.03. The van der Waals surface area contributed by atoms with Crippen LogP contribution in [-0.2, 0) is 4.79 Å². The molecule has 110 valence electrons. The van der Waals surface area contributed by atoms with Crippen molar-refractivity contribution in [2.45, 2.75) is 46.0 Å². The van der Waals surface area contributed by atoms with Crippen molar-refractivity contribution in [1.82, 2.24) is 0 Å². The van der Waals surface area contributed by atoms with Crippen LogP contribution in [0.2, 0.25) is 0 Å². The second kappa shape index (κ2) is 7.32. The molecule has 0 radical (unpaired) electrons. The third-order valence-corrected chi connectivity index (χ3v) is 4.03. The van der Waals surface area contributed by atoms with Crippen molar-refractivity contribution in [1.29, 1.82) is 0 Å². The minimum atomic E-state index is 0.0850. The number of rotatable bonds is 5. The number of carbonyl (C=O) groups excluding carboxylic acids is 1. The second-order valence-corrected chi connectivity index (χ2v) is 5.77. The maximum Gasteiger partial charge on any atom is 0.227 e. The molecule has 0 saturated carbocycles. The van der Waals surface area contributed by atoms with Crippen LogP contribution in [0.15, 0.2) is 24.3 Å². The van der Waals surface area contributed by atoms with E-state index in [0.29, 0.717) is 0 Å². The molecular formula is C17H26N2O. The summed E-state index contributed by atoms with van der Waals surface area (Å²) in [7, 11) is 0. The molecule has 2 rings (SSSR count). The molecule has 1 N–H and O–H groups in total. The normalized spacial score (nSPS) is 16.8. The van der Waals surface area contributed by atoms with Crippen LogP contribution in [-0.4, -0.2) is 19.0 Å². The molecule has 1 aromatic rings. The van der Waals surface area contributed by atoms with Crippen molar-refractivity contribution in [2.24, 2.45) is 5.92 Å². The maximum absolute atomic E-state index is 12.0. The van der Waals surface area contributed by atoms with Gasteiger partial charge in [-0.1, -0.05) is 20.3 Å². The second-order valence-electron chi connectivity index (χ2n) is 5.77. The molecule has 1 aromatic carbocycles. The van der Waals surface area contributed by atoms with E-state index in [2.05, 4.69) is 29.3 Å². The average Bonchev–Trinajstić information content (AvgIpc) is 2.49. The Morgan fingerprint density at radius 3 is 2.45 bits per heavy atom. The topological polar surface area (TPSA) is 32.3 Å². The van der Waals surface area contributed by atoms with Gasteiger partial charge in [0.25, 0.3) is 0 Å². The highest BCUT2D eigenvalue weighted by Gasteiger charge is 2.13. The standard InChI is InChI=1S/C17H26N2O/c1-3-7-14(2)17(20)18-15-8-10-16(11-9-15)19-12-5-4-6-13-19/h8-11,14H,3-7,12-13H2,1-2H3,(H,18,20). The van der Waals surface area contributed by atoms with Crippen LogP contribution in [0.5, 0.6) is 0 Å². The fraction of sp³-hybridized carbons (Fsp3) is 0.588. The van der Waals surface area contributed by atoms with E-state index >= 15 is 0 Å². The van der Waals surface area contributed by atoms with Gasteiger partial charge in [0.15, 0.2) is 0 Å². The smallest absolute Gasteiger partial charge is 0.227 e. The van der Waals surface area contributed by atoms with Crippen LogP contribution < -0.4 is 10.2 Å². The molecule has 0 aliphatic carbocycles. The molecule has 0 bridgehead atoms. The molecule has 0 spiro atoms. The van der Waals surface area contributed by atoms with Crippen molar-refractivity contribution < 1.29 is 4.79 Å². The highest BCUT2D eigenvalue weighted by molar-refractivity contribution is 5.92. The lowest BCUT2D eigenvalue weighted by Crippen LogP contribution is -2.29. The molecule has 1 fully saturated rings. The maximum atomic E-state index is 12.0. The van der Waals surface area contributed by atoms with Crippen LogP contribution in [0.4, 0.5) is 11.4 Å². The Balaban J connectivity index is 1.92. The molecule has 20 heavy (non-hydrogen) atoms. The zero-order chi connectivity index (χ0) is 14.4. The number of nitrogens with zero attached hydrogens (tertiary/aromatic N) is 1. The fourth-order valence-electron chi connectivity index (χ4n) is 2.74. The number of hydrogen-bond donors (Lipinski definition) is 1. The Hall–Kier alpha value is -1.51. The first-order valence-electron chi connectivity index (χ1n) is 7.86. The molecule has 1 aliphatic rings. The SMILES string of the molecule is CCCC(C)C(=O)Nc1ccc(N2CCCCC2)cc1. The molecule has 3 heteroatoms. The summed E-state index contributed by atoms with van der Waals surface area (Å²) in [5, 5.41) is 3.00. The van der Waals surface area contributed by atoms with E-state index in [9.17, 15) is 4.79 Å².